The summed E-state index contributed by atoms with van der Waals surface area (Å²) in [5.41, 5.74) is -5.53. The van der Waals surface area contributed by atoms with Gasteiger partial charge in [0.25, 0.3) is 30.8 Å². The second-order valence-electron chi connectivity index (χ2n) is 25.1. The average molecular weight is 1480 g/mol. The Bertz CT molecular complexity index is 3820. The first-order chi connectivity index (χ1) is 47.9. The number of aromatic amines is 4. The van der Waals surface area contributed by atoms with Crippen molar-refractivity contribution < 1.29 is 60.5 Å². The highest BCUT2D eigenvalue weighted by molar-refractivity contribution is 8.00. The third-order valence-corrected chi connectivity index (χ3v) is 27.4. The van der Waals surface area contributed by atoms with Crippen LogP contribution in [0.5, 0.6) is 0 Å². The van der Waals surface area contributed by atoms with Crippen molar-refractivity contribution in [2.45, 2.75) is 228 Å². The van der Waals surface area contributed by atoms with Crippen LogP contribution in [0.4, 0.5) is 0 Å². The van der Waals surface area contributed by atoms with E-state index in [2.05, 4.69) is 39.7 Å². The van der Waals surface area contributed by atoms with Crippen molar-refractivity contribution in [2.24, 2.45) is 11.8 Å². The molecule has 0 amide bonds. The van der Waals surface area contributed by atoms with Crippen LogP contribution in [0, 0.1) is 46.1 Å². The SMILES string of the molecule is CC.Cc1cn([C@@H]2O[C@@]3([C@@H](C)O)CS[C@@H]2[C@@H]3C)c(=O)[nH]c1=O.Cc1cn([C@@H]2O[C@@]3([C@H](C)O)CS[C@@H]2[C@@H]3C)c(=O)[nH]c1=O.[2H][C@@H](C)[C@@]12CS(=O)[C@@H]([C@H](n3cc(C)c(=O)[nH]c3=O)O1)[C@@H]2OP(OCC[N+]#[C-])N(C(C)C)C(C)C.[2H][C@@H](C)[C@@]12CS[C@@H]([C@H](n3cc(C)c(=O)[nH]c3=O)O1)[C@@H]2O.[3H]OC.[3H]OC. The molecule has 35 heteroatoms. The predicted molar refractivity (Wildman–Crippen MR) is 378 cm³/mol. The summed E-state index contributed by atoms with van der Waals surface area (Å²) in [6, 6.07) is 0.128. The third-order valence-electron chi connectivity index (χ3n) is 18.7. The second-order valence-corrected chi connectivity index (χ2v) is 31.6. The maximum atomic E-state index is 13.3. The summed E-state index contributed by atoms with van der Waals surface area (Å²) in [6.45, 7) is 36.8. The molecular formula is C63H99N10O20PS4. The van der Waals surface area contributed by atoms with Crippen LogP contribution in [0.3, 0.4) is 0 Å². The van der Waals surface area contributed by atoms with Crippen LogP contribution in [-0.4, -0.2) is 206 Å². The summed E-state index contributed by atoms with van der Waals surface area (Å²) < 4.78 is 85.5. The number of H-pyrrole nitrogens is 4. The molecule has 30 nitrogen and oxygen atoms in total. The molecule has 8 bridgehead atoms. The predicted octanol–water partition coefficient (Wildman–Crippen LogP) is 3.05. The summed E-state index contributed by atoms with van der Waals surface area (Å²) in [7, 11) is -0.535. The van der Waals surface area contributed by atoms with E-state index in [0.29, 0.717) is 28.0 Å². The van der Waals surface area contributed by atoms with Crippen LogP contribution in [0.15, 0.2) is 63.1 Å². The molecule has 8 aliphatic heterocycles. The van der Waals surface area contributed by atoms with Crippen molar-refractivity contribution in [3.05, 3.63) is 142 Å². The Morgan fingerprint density at radius 3 is 1.34 bits per heavy atom. The first kappa shape index (κ1) is 76.0. The fraction of sp³-hybridized carbons (Fsp3) is 0.730. The van der Waals surface area contributed by atoms with Gasteiger partial charge in [0.1, 0.15) is 46.5 Å². The van der Waals surface area contributed by atoms with E-state index in [1.54, 1.807) is 78.9 Å². The van der Waals surface area contributed by atoms with Crippen LogP contribution >= 0.6 is 43.8 Å². The molecule has 8 fully saturated rings. The van der Waals surface area contributed by atoms with Crippen molar-refractivity contribution in [2.75, 3.05) is 50.4 Å². The van der Waals surface area contributed by atoms with E-state index in [1.165, 1.54) is 69.0 Å². The number of thioether (sulfide) groups is 3. The Balaban J connectivity index is 0.000000212. The van der Waals surface area contributed by atoms with E-state index in [0.717, 1.165) is 11.5 Å². The summed E-state index contributed by atoms with van der Waals surface area (Å²) in [5, 5.41) is 36.6. The number of hydrogen-bond acceptors (Lipinski definition) is 24. The van der Waals surface area contributed by atoms with E-state index >= 15 is 0 Å². The molecule has 9 N–H and O–H groups in total. The Hall–Kier alpha value is -4.64. The number of ether oxygens (including phenoxy) is 4. The maximum Gasteiger partial charge on any atom is 0.330 e. The van der Waals surface area contributed by atoms with Gasteiger partial charge in [-0.1, -0.05) is 41.5 Å². The average Bonchev–Trinajstić information content (AvgIpc) is 1.57. The molecule has 0 radical (unpaired) electrons. The molecule has 4 aromatic heterocycles. The van der Waals surface area contributed by atoms with Gasteiger partial charge in [0.05, 0.1) is 33.7 Å². The largest absolute Gasteiger partial charge is 0.400 e. The van der Waals surface area contributed by atoms with E-state index in [4.69, 9.17) is 40.2 Å². The molecule has 0 saturated carbocycles. The minimum Gasteiger partial charge on any atom is -0.400 e. The minimum absolute atomic E-state index is 0.0640. The number of nitrogens with zero attached hydrogens (tertiary/aromatic N) is 6. The monoisotopic (exact) mass is 1480 g/mol. The first-order valence-corrected chi connectivity index (χ1v) is 37.8. The van der Waals surface area contributed by atoms with Gasteiger partial charge in [-0.3, -0.25) is 61.6 Å². The van der Waals surface area contributed by atoms with E-state index in [9.17, 15) is 57.9 Å². The van der Waals surface area contributed by atoms with Crippen molar-refractivity contribution in [3.63, 3.8) is 0 Å². The molecule has 12 heterocycles. The molecule has 550 valence electrons. The van der Waals surface area contributed by atoms with Crippen molar-refractivity contribution in [1.29, 1.82) is 2.86 Å². The number of nitrogens with one attached hydrogen (secondary N) is 4. The topological polar surface area (TPSA) is 401 Å². The Labute approximate surface area is 590 Å². The minimum atomic E-state index is -1.67. The van der Waals surface area contributed by atoms with Gasteiger partial charge in [0.2, 0.25) is 9.41 Å². The van der Waals surface area contributed by atoms with Crippen molar-refractivity contribution >= 4 is 54.6 Å². The van der Waals surface area contributed by atoms with Crippen LogP contribution in [0.2, 0.25) is 0 Å². The third kappa shape index (κ3) is 15.8. The number of aromatic nitrogens is 8. The lowest BCUT2D eigenvalue weighted by Crippen LogP contribution is -2.46. The van der Waals surface area contributed by atoms with Gasteiger partial charge < -0.3 is 58.4 Å². The number of aliphatic hydroxyl groups is 5. The molecule has 8 aliphatic rings. The number of aryl methyl sites for hydroxylation is 4. The first-order valence-electron chi connectivity index (χ1n) is 34.1. The maximum absolute atomic E-state index is 13.3. The van der Waals surface area contributed by atoms with Crippen LogP contribution in [-0.2, 0) is 38.8 Å². The van der Waals surface area contributed by atoms with Crippen LogP contribution in [0.1, 0.15) is 146 Å². The van der Waals surface area contributed by atoms with Gasteiger partial charge in [-0.2, -0.15) is 23.5 Å². The highest BCUT2D eigenvalue weighted by Crippen LogP contribution is 2.59. The number of rotatable bonds is 16. The van der Waals surface area contributed by atoms with E-state index in [-0.39, 0.29) is 69.7 Å². The van der Waals surface area contributed by atoms with Gasteiger partial charge in [-0.25, -0.2) is 30.4 Å². The zero-order chi connectivity index (χ0) is 76.7. The van der Waals surface area contributed by atoms with Gasteiger partial charge in [0, 0.05) is 116 Å². The Morgan fingerprint density at radius 1 is 0.663 bits per heavy atom. The van der Waals surface area contributed by atoms with Gasteiger partial charge in [0.15, 0.2) is 24.9 Å². The molecule has 0 spiro atoms. The zero-order valence-electron chi connectivity index (χ0n) is 62.5. The molecule has 22 atom stereocenters. The second kappa shape index (κ2) is 34.1. The van der Waals surface area contributed by atoms with Gasteiger partial charge in [-0.05, 0) is 82.0 Å². The highest BCUT2D eigenvalue weighted by atomic mass is 32.2. The number of fused-ring (bicyclic) bond motifs is 8. The Morgan fingerprint density at radius 2 is 1.01 bits per heavy atom. The van der Waals surface area contributed by atoms with Crippen LogP contribution in [0.25, 0.3) is 4.85 Å². The molecule has 2 unspecified atom stereocenters. The lowest BCUT2D eigenvalue weighted by molar-refractivity contribution is -0.130. The molecular weight excluding hydrogens is 1380 g/mol. The molecule has 12 rings (SSSR count). The lowest BCUT2D eigenvalue weighted by atomic mass is 9.86. The van der Waals surface area contributed by atoms with Gasteiger partial charge >= 0.3 is 22.8 Å². The van der Waals surface area contributed by atoms with Crippen LogP contribution < -0.4 is 45.0 Å². The normalized spacial score (nSPS) is 33.8. The summed E-state index contributed by atoms with van der Waals surface area (Å²) in [6.07, 6.45) is -0.737. The fourth-order valence-electron chi connectivity index (χ4n) is 13.2. The fourth-order valence-corrected chi connectivity index (χ4v) is 22.6. The summed E-state index contributed by atoms with van der Waals surface area (Å²) in [4.78, 5) is 107. The van der Waals surface area contributed by atoms with Crippen molar-refractivity contribution in [1.82, 2.24) is 42.9 Å². The molecule has 0 aliphatic carbocycles. The Kier molecular flexibility index (Phi) is 26.4. The molecule has 0 aromatic carbocycles. The molecule has 8 saturated heterocycles. The number of aliphatic hydroxyl groups excluding tert-OH is 5. The van der Waals surface area contributed by atoms with Gasteiger partial charge in [-0.15, -0.1) is 11.8 Å². The zero-order valence-corrected chi connectivity index (χ0v) is 62.7. The molecule has 98 heavy (non-hydrogen) atoms. The van der Waals surface area contributed by atoms with E-state index in [1.807, 2.05) is 55.4 Å². The quantitative estimate of drug-likeness (QED) is 0.0442. The summed E-state index contributed by atoms with van der Waals surface area (Å²) >= 11 is 4.93. The lowest BCUT2D eigenvalue weighted by Gasteiger charge is -2.38. The molecule has 4 aromatic rings. The highest BCUT2D eigenvalue weighted by Gasteiger charge is 2.67. The van der Waals surface area contributed by atoms with E-state index < -0.39 is 143 Å². The summed E-state index contributed by atoms with van der Waals surface area (Å²) in [5.74, 6) is 2.40. The smallest absolute Gasteiger partial charge is 0.330 e. The van der Waals surface area contributed by atoms with Crippen molar-refractivity contribution in [3.8, 4) is 0 Å². The standard InChI is InChI=1S/C21H33N4O6PS.2C13H18N2O4S.C12H16N2O4S.C2H6.2CH4O/c1-8-21-12-33(28)16(19(30-21)24-11-15(6)18(26)23-20(24)27)17(21)31-32(29-10-9-22-7)25(13(2)3)14(4)5;2*1-6-4-15(12(18)14-10(6)17)11-9-7(2)13(19-11,5-20-9)8(3)16;1-3-12-5-19-7(8(12)15)10(18-12)14-4-6(2)9(16)13-11(14)17;3*1-2/h11,13-14,16-17,19H,8-10,12H2,1-6H3,(H,23,26,27);2*4,7-9,11,16H,5H2,1-3H3,(H,14,17,18);4,7-8,10,15H,3,5H2,1-2H3,(H,13,16,17);1-2H3;2*2H,1H3/t16-,17+,19-,21+,32?,33?;7-,8+,9+,11+,13-;7-,8-,9+,11+,13-;7-,8+,10-,12+;;;/m1001.../s1/i8D;;;3D;;2*2T/t8-,16+,17-,19+,21-,32?,33?;;;3-,7+,8-,10+,12-;;;/m0..0.... The number of hydrogen-bond donors (Lipinski definition) is 9.